The van der Waals surface area contributed by atoms with E-state index in [1.165, 1.54) is 21.3 Å². The number of piperidine rings is 1. The van der Waals surface area contributed by atoms with E-state index in [-0.39, 0.29) is 31.2 Å². The highest BCUT2D eigenvalue weighted by molar-refractivity contribution is 5.96. The Balaban J connectivity index is 1.24. The molecule has 5 rings (SSSR count). The number of nitrogens with zero attached hydrogens (tertiary/aromatic N) is 2. The molecule has 1 fully saturated rings. The molecular weight excluding hydrogens is 528 g/mol. The number of benzene rings is 3. The lowest BCUT2D eigenvalue weighted by molar-refractivity contribution is -0.496. The molecular formula is C30H34N4O7. The molecule has 3 aromatic rings. The van der Waals surface area contributed by atoms with Gasteiger partial charge < -0.3 is 39.9 Å². The fraction of sp³-hybridized carbons (Fsp3) is 0.333. The number of para-hydroxylation sites is 1. The van der Waals surface area contributed by atoms with Crippen LogP contribution in [0.2, 0.25) is 0 Å². The van der Waals surface area contributed by atoms with Crippen LogP contribution in [0.4, 0.5) is 21.9 Å². The molecule has 1 saturated heterocycles. The SMILES string of the molecule is COc1cc(CNC(=O)c2ccc(N3CCC(N4C(=O)OCc5ccccc54)CC3)c([NH2+][O-])c2)cc(OC)c1OC. The summed E-state index contributed by atoms with van der Waals surface area (Å²) in [4.78, 5) is 29.5. The van der Waals surface area contributed by atoms with Crippen molar-refractivity contribution in [2.24, 2.45) is 0 Å². The van der Waals surface area contributed by atoms with Crippen LogP contribution in [0.1, 0.15) is 34.3 Å². The Kier molecular flexibility index (Phi) is 8.46. The average molecular weight is 563 g/mol. The van der Waals surface area contributed by atoms with Gasteiger partial charge in [0.2, 0.25) is 5.75 Å². The Labute approximate surface area is 238 Å². The van der Waals surface area contributed by atoms with E-state index in [0.29, 0.717) is 41.6 Å². The van der Waals surface area contributed by atoms with Crippen LogP contribution in [0.5, 0.6) is 17.2 Å². The lowest BCUT2D eigenvalue weighted by atomic mass is 9.99. The molecule has 0 saturated carbocycles. The number of hydrogen-bond donors (Lipinski definition) is 2. The second-order valence-electron chi connectivity index (χ2n) is 9.88. The third kappa shape index (κ3) is 5.72. The number of fused-ring (bicyclic) bond motifs is 1. The van der Waals surface area contributed by atoms with Crippen LogP contribution < -0.4 is 34.8 Å². The fourth-order valence-electron chi connectivity index (χ4n) is 5.49. The summed E-state index contributed by atoms with van der Waals surface area (Å²) in [7, 11) is 4.60. The number of anilines is 2. The smallest absolute Gasteiger partial charge is 0.414 e. The monoisotopic (exact) mass is 562 g/mol. The molecule has 0 aromatic heterocycles. The number of rotatable bonds is 9. The summed E-state index contributed by atoms with van der Waals surface area (Å²) >= 11 is 0. The number of cyclic esters (lactones) is 1. The summed E-state index contributed by atoms with van der Waals surface area (Å²) in [6.07, 6.45) is 1.12. The fourth-order valence-corrected chi connectivity index (χ4v) is 5.49. The Morgan fingerprint density at radius 1 is 1.00 bits per heavy atom. The van der Waals surface area contributed by atoms with Gasteiger partial charge in [-0.1, -0.05) is 18.2 Å². The molecule has 2 aliphatic heterocycles. The van der Waals surface area contributed by atoms with Crippen LogP contribution in [0.15, 0.2) is 54.6 Å². The van der Waals surface area contributed by atoms with Crippen LogP contribution in [-0.2, 0) is 17.9 Å². The van der Waals surface area contributed by atoms with E-state index in [0.717, 1.165) is 40.8 Å². The number of carbonyl (C=O) groups excluding carboxylic acids is 2. The predicted octanol–water partition coefficient (Wildman–Crippen LogP) is 3.46. The minimum absolute atomic E-state index is 0.000125. The second kappa shape index (κ2) is 12.4. The van der Waals surface area contributed by atoms with Gasteiger partial charge in [0.1, 0.15) is 6.61 Å². The molecule has 0 aliphatic carbocycles. The number of ether oxygens (including phenoxy) is 4. The van der Waals surface area contributed by atoms with Crippen molar-refractivity contribution in [1.29, 1.82) is 0 Å². The summed E-state index contributed by atoms with van der Waals surface area (Å²) in [6, 6.07) is 16.5. The number of carbonyl (C=O) groups is 2. The van der Waals surface area contributed by atoms with E-state index in [4.69, 9.17) is 18.9 Å². The number of quaternary nitrogens is 1. The summed E-state index contributed by atoms with van der Waals surface area (Å²) in [5.74, 6) is 1.15. The Morgan fingerprint density at radius 2 is 1.71 bits per heavy atom. The van der Waals surface area contributed by atoms with Gasteiger partial charge in [-0.3, -0.25) is 9.69 Å². The molecule has 11 nitrogen and oxygen atoms in total. The second-order valence-corrected chi connectivity index (χ2v) is 9.88. The van der Waals surface area contributed by atoms with Crippen molar-refractivity contribution >= 4 is 29.1 Å². The van der Waals surface area contributed by atoms with Crippen molar-refractivity contribution in [2.45, 2.75) is 32.0 Å². The van der Waals surface area contributed by atoms with E-state index < -0.39 is 0 Å². The molecule has 0 spiro atoms. The number of hydrogen-bond acceptors (Lipinski definition) is 8. The number of nitrogens with two attached hydrogens (primary N) is 1. The van der Waals surface area contributed by atoms with E-state index in [9.17, 15) is 14.8 Å². The largest absolute Gasteiger partial charge is 0.630 e. The molecule has 3 aromatic carbocycles. The third-order valence-electron chi connectivity index (χ3n) is 7.56. The van der Waals surface area contributed by atoms with Crippen LogP contribution in [-0.4, -0.2) is 52.5 Å². The highest BCUT2D eigenvalue weighted by atomic mass is 16.6. The molecule has 0 atom stereocenters. The van der Waals surface area contributed by atoms with Gasteiger partial charge in [-0.15, -0.1) is 0 Å². The molecule has 0 bridgehead atoms. The quantitative estimate of drug-likeness (QED) is 0.300. The van der Waals surface area contributed by atoms with Crippen molar-refractivity contribution in [3.63, 3.8) is 0 Å². The molecule has 11 heteroatoms. The zero-order valence-electron chi connectivity index (χ0n) is 23.3. The zero-order valence-corrected chi connectivity index (χ0v) is 23.3. The Bertz CT molecular complexity index is 1400. The molecule has 216 valence electrons. The maximum absolute atomic E-state index is 13.0. The highest BCUT2D eigenvalue weighted by Crippen LogP contribution is 2.38. The normalized spacial score (nSPS) is 15.2. The van der Waals surface area contributed by atoms with Gasteiger partial charge in [-0.2, -0.15) is 0 Å². The first-order valence-corrected chi connectivity index (χ1v) is 13.4. The lowest BCUT2D eigenvalue weighted by Gasteiger charge is -2.41. The van der Waals surface area contributed by atoms with Gasteiger partial charge in [0.15, 0.2) is 17.2 Å². The molecule has 2 aliphatic rings. The van der Waals surface area contributed by atoms with Crippen LogP contribution in [0.3, 0.4) is 0 Å². The van der Waals surface area contributed by atoms with E-state index in [2.05, 4.69) is 10.2 Å². The first-order chi connectivity index (χ1) is 20.0. The highest BCUT2D eigenvalue weighted by Gasteiger charge is 2.34. The van der Waals surface area contributed by atoms with Crippen molar-refractivity contribution in [1.82, 2.24) is 5.32 Å². The minimum atomic E-state index is -0.322. The molecule has 0 unspecified atom stereocenters. The topological polar surface area (TPSA) is 129 Å². The van der Waals surface area contributed by atoms with E-state index >= 15 is 0 Å². The summed E-state index contributed by atoms with van der Waals surface area (Å²) in [5.41, 5.74) is 5.02. The van der Waals surface area contributed by atoms with Crippen molar-refractivity contribution in [2.75, 3.05) is 44.2 Å². The van der Waals surface area contributed by atoms with Gasteiger partial charge in [0.25, 0.3) is 5.91 Å². The molecule has 2 amide bonds. The maximum atomic E-state index is 13.0. The summed E-state index contributed by atoms with van der Waals surface area (Å²) < 4.78 is 21.5. The number of nitrogens with one attached hydrogen (secondary N) is 1. The Hall–Kier alpha value is -4.48. The van der Waals surface area contributed by atoms with Crippen LogP contribution in [0.25, 0.3) is 0 Å². The van der Waals surface area contributed by atoms with E-state index in [1.54, 1.807) is 29.2 Å². The van der Waals surface area contributed by atoms with Gasteiger partial charge in [-0.25, -0.2) is 4.79 Å². The maximum Gasteiger partial charge on any atom is 0.414 e. The molecule has 0 radical (unpaired) electrons. The molecule has 41 heavy (non-hydrogen) atoms. The van der Waals surface area contributed by atoms with E-state index in [1.807, 2.05) is 30.3 Å². The predicted molar refractivity (Wildman–Crippen MR) is 153 cm³/mol. The van der Waals surface area contributed by atoms with Crippen LogP contribution in [0, 0.1) is 5.21 Å². The first kappa shape index (κ1) is 28.1. The Morgan fingerprint density at radius 3 is 2.37 bits per heavy atom. The summed E-state index contributed by atoms with van der Waals surface area (Å²) in [5, 5.41) is 14.9. The van der Waals surface area contributed by atoms with Crippen LogP contribution >= 0.6 is 0 Å². The van der Waals surface area contributed by atoms with Gasteiger partial charge in [0, 0.05) is 42.9 Å². The average Bonchev–Trinajstić information content (AvgIpc) is 3.02. The molecule has 3 N–H and O–H groups in total. The molecule has 2 heterocycles. The van der Waals surface area contributed by atoms with Crippen molar-refractivity contribution < 1.29 is 34.0 Å². The van der Waals surface area contributed by atoms with Crippen molar-refractivity contribution in [3.05, 3.63) is 76.5 Å². The van der Waals surface area contributed by atoms with Crippen molar-refractivity contribution in [3.8, 4) is 17.2 Å². The lowest BCUT2D eigenvalue weighted by Crippen LogP contribution is -2.70. The van der Waals surface area contributed by atoms with Gasteiger partial charge in [-0.05, 0) is 48.7 Å². The number of amides is 2. The number of methoxy groups -OCH3 is 3. The third-order valence-corrected chi connectivity index (χ3v) is 7.56. The standard InChI is InChI=1S/C30H34N4O7/c1-38-26-14-19(15-27(39-2)28(26)40-3)17-31-29(35)20-8-9-25(23(16-20)32-37)33-12-10-22(11-13-33)34-24-7-5-4-6-21(24)18-41-30(34)36/h4-9,14-16,22H,10-13,17-18,32H2,1-3H3,(H,31,35). The van der Waals surface area contributed by atoms with Gasteiger partial charge >= 0.3 is 6.09 Å². The minimum Gasteiger partial charge on any atom is -0.630 e. The zero-order chi connectivity index (χ0) is 28.9. The summed E-state index contributed by atoms with van der Waals surface area (Å²) in [6.45, 7) is 1.83. The van der Waals surface area contributed by atoms with Gasteiger partial charge in [0.05, 0.1) is 32.7 Å². The first-order valence-electron chi connectivity index (χ1n) is 13.4.